The number of nitrogens with zero attached hydrogens (tertiary/aromatic N) is 1. The van der Waals surface area contributed by atoms with Crippen LogP contribution in [0.4, 0.5) is 5.69 Å². The van der Waals surface area contributed by atoms with Crippen molar-refractivity contribution in [2.75, 3.05) is 5.32 Å². The number of rotatable bonds is 4. The van der Waals surface area contributed by atoms with Crippen LogP contribution in [-0.4, -0.2) is 10.9 Å². The Hall–Kier alpha value is -2.66. The number of thiazole rings is 1. The summed E-state index contributed by atoms with van der Waals surface area (Å²) in [7, 11) is 0. The predicted octanol–water partition coefficient (Wildman–Crippen LogP) is 7.23. The number of aromatic nitrogens is 1. The van der Waals surface area contributed by atoms with Crippen LogP contribution >= 0.6 is 34.5 Å². The SMILES string of the molecule is Cc1cc(-c2nc3ccccc3s2)ccc1NC(=O)C=Cc1ccc(Cl)cc1Cl. The molecule has 0 bridgehead atoms. The Labute approximate surface area is 182 Å². The summed E-state index contributed by atoms with van der Waals surface area (Å²) in [5.74, 6) is -0.230. The van der Waals surface area contributed by atoms with E-state index < -0.39 is 0 Å². The summed E-state index contributed by atoms with van der Waals surface area (Å²) in [6, 6.07) is 19.1. The van der Waals surface area contributed by atoms with Gasteiger partial charge in [-0.25, -0.2) is 4.98 Å². The molecule has 1 N–H and O–H groups in total. The van der Waals surface area contributed by atoms with Crippen LogP contribution in [0.2, 0.25) is 10.0 Å². The van der Waals surface area contributed by atoms with E-state index in [4.69, 9.17) is 28.2 Å². The van der Waals surface area contributed by atoms with Crippen molar-refractivity contribution in [3.05, 3.63) is 87.9 Å². The van der Waals surface area contributed by atoms with E-state index in [2.05, 4.69) is 11.4 Å². The van der Waals surface area contributed by atoms with Crippen molar-refractivity contribution < 1.29 is 4.79 Å². The van der Waals surface area contributed by atoms with Crippen molar-refractivity contribution in [3.63, 3.8) is 0 Å². The standard InChI is InChI=1S/C23H16Cl2N2OS/c1-14-12-16(23-27-20-4-2-3-5-21(20)29-23)7-10-19(14)26-22(28)11-8-15-6-9-17(24)13-18(15)25/h2-13H,1H3,(H,26,28). The summed E-state index contributed by atoms with van der Waals surface area (Å²) in [6.07, 6.45) is 3.12. The number of carbonyl (C=O) groups excluding carboxylic acids is 1. The van der Waals surface area contributed by atoms with Gasteiger partial charge in [0.25, 0.3) is 0 Å². The number of para-hydroxylation sites is 1. The van der Waals surface area contributed by atoms with E-state index in [9.17, 15) is 4.79 Å². The molecule has 0 aliphatic heterocycles. The average Bonchev–Trinajstić information content (AvgIpc) is 3.13. The molecule has 0 spiro atoms. The molecule has 6 heteroatoms. The molecule has 1 heterocycles. The number of halogens is 2. The van der Waals surface area contributed by atoms with Gasteiger partial charge in [-0.05, 0) is 66.6 Å². The van der Waals surface area contributed by atoms with Gasteiger partial charge in [-0.3, -0.25) is 4.79 Å². The number of aryl methyl sites for hydroxylation is 1. The van der Waals surface area contributed by atoms with Gasteiger partial charge in [0, 0.05) is 27.4 Å². The van der Waals surface area contributed by atoms with Crippen LogP contribution in [0.25, 0.3) is 26.9 Å². The first kappa shape index (κ1) is 19.6. The van der Waals surface area contributed by atoms with E-state index in [0.29, 0.717) is 10.0 Å². The molecule has 0 aliphatic carbocycles. The number of nitrogens with one attached hydrogen (secondary N) is 1. The lowest BCUT2D eigenvalue weighted by Crippen LogP contribution is -2.08. The van der Waals surface area contributed by atoms with Gasteiger partial charge in [0.2, 0.25) is 5.91 Å². The minimum absolute atomic E-state index is 0.230. The van der Waals surface area contributed by atoms with Crippen molar-refractivity contribution in [1.82, 2.24) is 4.98 Å². The summed E-state index contributed by atoms with van der Waals surface area (Å²) in [5, 5.41) is 4.92. The first-order chi connectivity index (χ1) is 14.0. The molecule has 29 heavy (non-hydrogen) atoms. The minimum atomic E-state index is -0.230. The lowest BCUT2D eigenvalue weighted by molar-refractivity contribution is -0.111. The zero-order valence-corrected chi connectivity index (χ0v) is 17.8. The largest absolute Gasteiger partial charge is 0.322 e. The smallest absolute Gasteiger partial charge is 0.248 e. The van der Waals surface area contributed by atoms with E-state index in [1.807, 2.05) is 43.3 Å². The minimum Gasteiger partial charge on any atom is -0.322 e. The number of carbonyl (C=O) groups is 1. The molecule has 0 saturated carbocycles. The van der Waals surface area contributed by atoms with Crippen molar-refractivity contribution in [1.29, 1.82) is 0 Å². The number of benzene rings is 3. The van der Waals surface area contributed by atoms with Crippen LogP contribution in [0.5, 0.6) is 0 Å². The van der Waals surface area contributed by atoms with E-state index >= 15 is 0 Å². The Balaban J connectivity index is 1.50. The summed E-state index contributed by atoms with van der Waals surface area (Å²) < 4.78 is 1.16. The van der Waals surface area contributed by atoms with Crippen LogP contribution in [0.15, 0.2) is 66.7 Å². The fourth-order valence-corrected chi connectivity index (χ4v) is 4.34. The summed E-state index contributed by atoms with van der Waals surface area (Å²) >= 11 is 13.7. The molecule has 0 radical (unpaired) electrons. The highest BCUT2D eigenvalue weighted by atomic mass is 35.5. The Morgan fingerprint density at radius 3 is 2.66 bits per heavy atom. The number of fused-ring (bicyclic) bond motifs is 1. The van der Waals surface area contributed by atoms with Gasteiger partial charge in [0.1, 0.15) is 5.01 Å². The second-order valence-electron chi connectivity index (χ2n) is 6.50. The molecule has 0 fully saturated rings. The summed E-state index contributed by atoms with van der Waals surface area (Å²) in [6.45, 7) is 1.96. The first-order valence-electron chi connectivity index (χ1n) is 8.90. The zero-order chi connectivity index (χ0) is 20.4. The molecule has 3 aromatic carbocycles. The van der Waals surface area contributed by atoms with Gasteiger partial charge >= 0.3 is 0 Å². The molecule has 1 aromatic heterocycles. The molecular weight excluding hydrogens is 423 g/mol. The van der Waals surface area contributed by atoms with Gasteiger partial charge in [-0.15, -0.1) is 11.3 Å². The lowest BCUT2D eigenvalue weighted by atomic mass is 10.1. The first-order valence-corrected chi connectivity index (χ1v) is 10.5. The van der Waals surface area contributed by atoms with Crippen LogP contribution in [-0.2, 0) is 4.79 Å². The maximum absolute atomic E-state index is 12.3. The predicted molar refractivity (Wildman–Crippen MR) is 124 cm³/mol. The third kappa shape index (κ3) is 4.51. The third-order valence-electron chi connectivity index (χ3n) is 4.40. The highest BCUT2D eigenvalue weighted by Gasteiger charge is 2.09. The molecule has 0 saturated heterocycles. The van der Waals surface area contributed by atoms with Crippen LogP contribution in [0.1, 0.15) is 11.1 Å². The highest BCUT2D eigenvalue weighted by Crippen LogP contribution is 2.32. The van der Waals surface area contributed by atoms with Crippen LogP contribution in [0.3, 0.4) is 0 Å². The number of hydrogen-bond acceptors (Lipinski definition) is 3. The van der Waals surface area contributed by atoms with Gasteiger partial charge in [0.15, 0.2) is 0 Å². The maximum Gasteiger partial charge on any atom is 0.248 e. The highest BCUT2D eigenvalue weighted by molar-refractivity contribution is 7.21. The molecule has 0 unspecified atom stereocenters. The quantitative estimate of drug-likeness (QED) is 0.341. The lowest BCUT2D eigenvalue weighted by Gasteiger charge is -2.08. The second kappa shape index (κ2) is 8.37. The van der Waals surface area contributed by atoms with Crippen molar-refractivity contribution in [2.24, 2.45) is 0 Å². The normalized spacial score (nSPS) is 11.3. The number of hydrogen-bond donors (Lipinski definition) is 1. The Morgan fingerprint density at radius 2 is 1.90 bits per heavy atom. The van der Waals surface area contributed by atoms with E-state index in [-0.39, 0.29) is 5.91 Å². The van der Waals surface area contributed by atoms with E-state index in [1.54, 1.807) is 35.6 Å². The second-order valence-corrected chi connectivity index (χ2v) is 8.38. The van der Waals surface area contributed by atoms with Gasteiger partial charge in [0.05, 0.1) is 10.2 Å². The van der Waals surface area contributed by atoms with E-state index in [1.165, 1.54) is 6.08 Å². The maximum atomic E-state index is 12.3. The van der Waals surface area contributed by atoms with Crippen molar-refractivity contribution in [2.45, 2.75) is 6.92 Å². The Bertz CT molecular complexity index is 1210. The monoisotopic (exact) mass is 438 g/mol. The fourth-order valence-electron chi connectivity index (χ4n) is 2.91. The Morgan fingerprint density at radius 1 is 1.07 bits per heavy atom. The topological polar surface area (TPSA) is 42.0 Å². The zero-order valence-electron chi connectivity index (χ0n) is 15.4. The fraction of sp³-hybridized carbons (Fsp3) is 0.0435. The van der Waals surface area contributed by atoms with Gasteiger partial charge in [-0.2, -0.15) is 0 Å². The van der Waals surface area contributed by atoms with Crippen molar-refractivity contribution in [3.8, 4) is 10.6 Å². The van der Waals surface area contributed by atoms with Crippen LogP contribution in [0, 0.1) is 6.92 Å². The molecule has 0 aliphatic rings. The molecule has 144 valence electrons. The number of amides is 1. The molecular formula is C23H16Cl2N2OS. The molecule has 4 rings (SSSR count). The van der Waals surface area contributed by atoms with Crippen molar-refractivity contribution >= 4 is 62.4 Å². The average molecular weight is 439 g/mol. The molecule has 0 atom stereocenters. The molecule has 1 amide bonds. The van der Waals surface area contributed by atoms with Crippen LogP contribution < -0.4 is 5.32 Å². The van der Waals surface area contributed by atoms with E-state index in [0.717, 1.165) is 37.6 Å². The summed E-state index contributed by atoms with van der Waals surface area (Å²) in [4.78, 5) is 17.0. The third-order valence-corrected chi connectivity index (χ3v) is 6.05. The van der Waals surface area contributed by atoms with Gasteiger partial charge in [-0.1, -0.05) is 41.4 Å². The number of anilines is 1. The van der Waals surface area contributed by atoms with Gasteiger partial charge < -0.3 is 5.32 Å². The summed E-state index contributed by atoms with van der Waals surface area (Å²) in [5.41, 5.74) is 4.48. The Kier molecular flexibility index (Phi) is 5.67. The molecule has 3 nitrogen and oxygen atoms in total. The molecule has 4 aromatic rings.